The monoisotopic (exact) mass is 332 g/mol. The Kier molecular flexibility index (Phi) is 5.34. The topological polar surface area (TPSA) is 71.4 Å². The highest BCUT2D eigenvalue weighted by atomic mass is 32.2. The van der Waals surface area contributed by atoms with Crippen molar-refractivity contribution in [3.63, 3.8) is 0 Å². The Bertz CT molecular complexity index is 792. The molecule has 0 saturated heterocycles. The van der Waals surface area contributed by atoms with Gasteiger partial charge < -0.3 is 5.11 Å². The number of ketones is 1. The van der Waals surface area contributed by atoms with Gasteiger partial charge in [0.25, 0.3) is 0 Å². The van der Waals surface area contributed by atoms with E-state index in [-0.39, 0.29) is 17.5 Å². The fraction of sp³-hybridized carbons (Fsp3) is 0.278. The van der Waals surface area contributed by atoms with E-state index in [1.165, 1.54) is 0 Å². The quantitative estimate of drug-likeness (QED) is 0.826. The van der Waals surface area contributed by atoms with E-state index in [2.05, 4.69) is 0 Å². The van der Waals surface area contributed by atoms with Crippen LogP contribution in [0.4, 0.5) is 0 Å². The zero-order valence-corrected chi connectivity index (χ0v) is 14.0. The molecule has 0 aliphatic carbocycles. The van der Waals surface area contributed by atoms with Gasteiger partial charge in [-0.25, -0.2) is 8.42 Å². The number of aryl methyl sites for hydroxylation is 1. The molecule has 23 heavy (non-hydrogen) atoms. The molecule has 2 aromatic carbocycles. The van der Waals surface area contributed by atoms with Gasteiger partial charge in [-0.3, -0.25) is 4.79 Å². The smallest absolute Gasteiger partial charge is 0.188 e. The lowest BCUT2D eigenvalue weighted by Gasteiger charge is -2.13. The SMILES string of the molecule is Cc1ccc(S(=O)(=O)C[C@H](C)c2cccc(C(=O)CO)c2)cc1. The summed E-state index contributed by atoms with van der Waals surface area (Å²) < 4.78 is 25.0. The fourth-order valence-corrected chi connectivity index (χ4v) is 3.97. The van der Waals surface area contributed by atoms with E-state index in [0.717, 1.165) is 11.1 Å². The number of carbonyl (C=O) groups is 1. The number of Topliss-reactive ketones (excluding diaryl/α,β-unsaturated/α-hetero) is 1. The van der Waals surface area contributed by atoms with Crippen LogP contribution in [0, 0.1) is 6.92 Å². The first-order valence-electron chi connectivity index (χ1n) is 7.37. The molecule has 0 bridgehead atoms. The van der Waals surface area contributed by atoms with Crippen molar-refractivity contribution >= 4 is 15.6 Å². The largest absolute Gasteiger partial charge is 0.388 e. The number of hydrogen-bond acceptors (Lipinski definition) is 4. The first-order valence-corrected chi connectivity index (χ1v) is 9.02. The Morgan fingerprint density at radius 1 is 1.13 bits per heavy atom. The predicted molar refractivity (Wildman–Crippen MR) is 89.5 cm³/mol. The van der Waals surface area contributed by atoms with E-state index in [1.807, 2.05) is 13.8 Å². The molecule has 1 atom stereocenters. The van der Waals surface area contributed by atoms with Crippen molar-refractivity contribution < 1.29 is 18.3 Å². The van der Waals surface area contributed by atoms with E-state index in [0.29, 0.717) is 10.5 Å². The molecule has 0 unspecified atom stereocenters. The van der Waals surface area contributed by atoms with Crippen molar-refractivity contribution in [2.75, 3.05) is 12.4 Å². The van der Waals surface area contributed by atoms with Crippen LogP contribution >= 0.6 is 0 Å². The first kappa shape index (κ1) is 17.4. The molecule has 0 fully saturated rings. The average molecular weight is 332 g/mol. The number of sulfone groups is 1. The molecule has 5 heteroatoms. The highest BCUT2D eigenvalue weighted by Gasteiger charge is 2.20. The van der Waals surface area contributed by atoms with Crippen molar-refractivity contribution in [2.45, 2.75) is 24.7 Å². The minimum Gasteiger partial charge on any atom is -0.388 e. The summed E-state index contributed by atoms with van der Waals surface area (Å²) in [7, 11) is -3.40. The standard InChI is InChI=1S/C18H20O4S/c1-13-6-8-17(9-7-13)23(21,22)12-14(2)15-4-3-5-16(10-15)18(20)11-19/h3-10,14,19H,11-12H2,1-2H3/t14-/m0/s1. The molecule has 0 amide bonds. The third-order valence-corrected chi connectivity index (χ3v) is 5.70. The van der Waals surface area contributed by atoms with Crippen molar-refractivity contribution in [1.82, 2.24) is 0 Å². The van der Waals surface area contributed by atoms with Gasteiger partial charge in [0.2, 0.25) is 0 Å². The van der Waals surface area contributed by atoms with Crippen LogP contribution in [0.15, 0.2) is 53.4 Å². The van der Waals surface area contributed by atoms with Crippen LogP contribution in [-0.2, 0) is 9.84 Å². The van der Waals surface area contributed by atoms with Gasteiger partial charge in [-0.1, -0.05) is 42.8 Å². The summed E-state index contributed by atoms with van der Waals surface area (Å²) in [5.74, 6) is -0.666. The Labute approximate surface area is 136 Å². The second-order valence-electron chi connectivity index (χ2n) is 5.70. The van der Waals surface area contributed by atoms with Gasteiger partial charge in [-0.15, -0.1) is 0 Å². The van der Waals surface area contributed by atoms with Gasteiger partial charge in [0, 0.05) is 5.56 Å². The molecule has 0 aliphatic heterocycles. The lowest BCUT2D eigenvalue weighted by Crippen LogP contribution is -2.14. The molecule has 4 nitrogen and oxygen atoms in total. The second-order valence-corrected chi connectivity index (χ2v) is 7.74. The second kappa shape index (κ2) is 7.06. The average Bonchev–Trinajstić information content (AvgIpc) is 2.54. The fourth-order valence-electron chi connectivity index (χ4n) is 2.38. The minimum atomic E-state index is -3.40. The third kappa shape index (κ3) is 4.27. The maximum atomic E-state index is 12.5. The van der Waals surface area contributed by atoms with Gasteiger partial charge >= 0.3 is 0 Å². The van der Waals surface area contributed by atoms with Crippen LogP contribution in [0.3, 0.4) is 0 Å². The van der Waals surface area contributed by atoms with E-state index in [9.17, 15) is 13.2 Å². The normalized spacial score (nSPS) is 12.8. The summed E-state index contributed by atoms with van der Waals surface area (Å²) in [5, 5.41) is 8.93. The summed E-state index contributed by atoms with van der Waals surface area (Å²) in [6, 6.07) is 13.5. The summed E-state index contributed by atoms with van der Waals surface area (Å²) in [5.41, 5.74) is 2.16. The molecular weight excluding hydrogens is 312 g/mol. The maximum Gasteiger partial charge on any atom is 0.188 e. The lowest BCUT2D eigenvalue weighted by atomic mass is 9.99. The molecule has 0 aromatic heterocycles. The van der Waals surface area contributed by atoms with Crippen LogP contribution in [-0.4, -0.2) is 31.7 Å². The lowest BCUT2D eigenvalue weighted by molar-refractivity contribution is 0.0903. The molecule has 122 valence electrons. The predicted octanol–water partition coefficient (Wildman–Crippen LogP) is 2.75. The van der Waals surface area contributed by atoms with Gasteiger partial charge in [-0.05, 0) is 36.6 Å². The summed E-state index contributed by atoms with van der Waals surface area (Å²) in [4.78, 5) is 11.9. The molecule has 0 saturated carbocycles. The van der Waals surface area contributed by atoms with Crippen LogP contribution in [0.25, 0.3) is 0 Å². The van der Waals surface area contributed by atoms with Crippen LogP contribution in [0.2, 0.25) is 0 Å². The minimum absolute atomic E-state index is 0.0349. The van der Waals surface area contributed by atoms with Gasteiger partial charge in [0.05, 0.1) is 10.6 Å². The molecule has 1 N–H and O–H groups in total. The Morgan fingerprint density at radius 2 is 1.78 bits per heavy atom. The van der Waals surface area contributed by atoms with Gasteiger partial charge in [0.15, 0.2) is 15.6 Å². The highest BCUT2D eigenvalue weighted by Crippen LogP contribution is 2.23. The van der Waals surface area contributed by atoms with Gasteiger partial charge in [-0.2, -0.15) is 0 Å². The van der Waals surface area contributed by atoms with Gasteiger partial charge in [0.1, 0.15) is 6.61 Å². The molecule has 0 spiro atoms. The Hall–Kier alpha value is -1.98. The van der Waals surface area contributed by atoms with E-state index < -0.39 is 16.4 Å². The van der Waals surface area contributed by atoms with Crippen LogP contribution in [0.1, 0.15) is 34.3 Å². The van der Waals surface area contributed by atoms with Crippen molar-refractivity contribution in [2.24, 2.45) is 0 Å². The number of rotatable bonds is 6. The van der Waals surface area contributed by atoms with Crippen molar-refractivity contribution in [3.8, 4) is 0 Å². The third-order valence-electron chi connectivity index (χ3n) is 3.77. The Balaban J connectivity index is 2.22. The molecular formula is C18H20O4S. The summed E-state index contributed by atoms with van der Waals surface area (Å²) in [6.45, 7) is 3.16. The van der Waals surface area contributed by atoms with Crippen molar-refractivity contribution in [3.05, 3.63) is 65.2 Å². The highest BCUT2D eigenvalue weighted by molar-refractivity contribution is 7.91. The van der Waals surface area contributed by atoms with E-state index in [1.54, 1.807) is 48.5 Å². The van der Waals surface area contributed by atoms with E-state index >= 15 is 0 Å². The zero-order chi connectivity index (χ0) is 17.0. The molecule has 2 aromatic rings. The summed E-state index contributed by atoms with van der Waals surface area (Å²) >= 11 is 0. The summed E-state index contributed by atoms with van der Waals surface area (Å²) in [6.07, 6.45) is 0. The molecule has 0 heterocycles. The number of hydrogen-bond donors (Lipinski definition) is 1. The number of aliphatic hydroxyl groups is 1. The molecule has 0 radical (unpaired) electrons. The zero-order valence-electron chi connectivity index (χ0n) is 13.2. The maximum absolute atomic E-state index is 12.5. The van der Waals surface area contributed by atoms with Crippen LogP contribution < -0.4 is 0 Å². The number of aliphatic hydroxyl groups excluding tert-OH is 1. The first-order chi connectivity index (χ1) is 10.8. The van der Waals surface area contributed by atoms with E-state index in [4.69, 9.17) is 5.11 Å². The molecule has 2 rings (SSSR count). The van der Waals surface area contributed by atoms with Crippen LogP contribution in [0.5, 0.6) is 0 Å². The number of carbonyl (C=O) groups excluding carboxylic acids is 1. The Morgan fingerprint density at radius 3 is 2.39 bits per heavy atom. The number of benzene rings is 2. The van der Waals surface area contributed by atoms with Crippen molar-refractivity contribution in [1.29, 1.82) is 0 Å². The molecule has 0 aliphatic rings.